The second kappa shape index (κ2) is 6.62. The van der Waals surface area contributed by atoms with Crippen LogP contribution in [0.4, 0.5) is 13.2 Å². The Kier molecular flexibility index (Phi) is 4.61. The van der Waals surface area contributed by atoms with Crippen molar-refractivity contribution < 1.29 is 27.8 Å². The predicted molar refractivity (Wildman–Crippen MR) is 93.0 cm³/mol. The molecule has 1 aromatic heterocycles. The molecule has 2 N–H and O–H groups in total. The Morgan fingerprint density at radius 3 is 2.52 bits per heavy atom. The molecule has 0 aliphatic carbocycles. The molecular formula is C18H11ClF3NO4. The second-order valence-electron chi connectivity index (χ2n) is 5.62. The molecule has 140 valence electrons. The summed E-state index contributed by atoms with van der Waals surface area (Å²) < 4.78 is 44.1. The first-order chi connectivity index (χ1) is 12.6. The van der Waals surface area contributed by atoms with E-state index < -0.39 is 28.8 Å². The maximum Gasteiger partial charge on any atom is 0.416 e. The van der Waals surface area contributed by atoms with Crippen LogP contribution in [0.15, 0.2) is 41.2 Å². The van der Waals surface area contributed by atoms with E-state index in [9.17, 15) is 27.9 Å². The average molecular weight is 398 g/mol. The number of aromatic amines is 1. The van der Waals surface area contributed by atoms with Crippen LogP contribution in [-0.4, -0.2) is 23.2 Å². The number of carbonyl (C=O) groups excluding carboxylic acids is 1. The number of rotatable bonds is 2. The fourth-order valence-corrected chi connectivity index (χ4v) is 2.93. The molecule has 0 aliphatic heterocycles. The van der Waals surface area contributed by atoms with Gasteiger partial charge >= 0.3 is 12.1 Å². The van der Waals surface area contributed by atoms with E-state index in [1.54, 1.807) is 0 Å². The minimum Gasteiger partial charge on any atom is -0.507 e. The van der Waals surface area contributed by atoms with Gasteiger partial charge < -0.3 is 14.8 Å². The lowest BCUT2D eigenvalue weighted by atomic mass is 9.94. The van der Waals surface area contributed by atoms with E-state index in [1.807, 2.05) is 0 Å². The molecule has 2 aromatic carbocycles. The molecule has 0 unspecified atom stereocenters. The number of carbonyl (C=O) groups is 1. The number of hydrogen-bond donors (Lipinski definition) is 2. The van der Waals surface area contributed by atoms with Crippen molar-refractivity contribution in [3.63, 3.8) is 0 Å². The van der Waals surface area contributed by atoms with Crippen LogP contribution >= 0.6 is 11.6 Å². The van der Waals surface area contributed by atoms with Crippen molar-refractivity contribution in [3.8, 4) is 16.9 Å². The topological polar surface area (TPSA) is 79.4 Å². The van der Waals surface area contributed by atoms with Crippen LogP contribution in [0.1, 0.15) is 15.9 Å². The van der Waals surface area contributed by atoms with Gasteiger partial charge in [0.15, 0.2) is 0 Å². The van der Waals surface area contributed by atoms with Crippen LogP contribution in [0.3, 0.4) is 0 Å². The van der Waals surface area contributed by atoms with E-state index in [-0.39, 0.29) is 32.8 Å². The molecule has 0 saturated carbocycles. The third kappa shape index (κ3) is 3.35. The first-order valence-corrected chi connectivity index (χ1v) is 7.85. The summed E-state index contributed by atoms with van der Waals surface area (Å²) in [6, 6.07) is 6.47. The number of halogens is 4. The number of aromatic nitrogens is 1. The minimum absolute atomic E-state index is 0.0510. The van der Waals surface area contributed by atoms with Gasteiger partial charge in [-0.1, -0.05) is 11.6 Å². The highest BCUT2D eigenvalue weighted by atomic mass is 35.5. The maximum absolute atomic E-state index is 13.2. The van der Waals surface area contributed by atoms with Crippen molar-refractivity contribution in [2.45, 2.75) is 6.18 Å². The zero-order chi connectivity index (χ0) is 19.9. The van der Waals surface area contributed by atoms with Gasteiger partial charge in [-0.2, -0.15) is 13.2 Å². The van der Waals surface area contributed by atoms with Crippen molar-refractivity contribution in [2.24, 2.45) is 0 Å². The predicted octanol–water partition coefficient (Wildman–Crippen LogP) is 4.36. The lowest BCUT2D eigenvalue weighted by Gasteiger charge is -2.15. The number of methoxy groups -OCH3 is 1. The summed E-state index contributed by atoms with van der Waals surface area (Å²) in [6.07, 6.45) is -4.65. The van der Waals surface area contributed by atoms with Crippen molar-refractivity contribution >= 4 is 28.5 Å². The molecular weight excluding hydrogens is 387 g/mol. The monoisotopic (exact) mass is 397 g/mol. The molecule has 0 spiro atoms. The van der Waals surface area contributed by atoms with Gasteiger partial charge in [0.25, 0.3) is 5.56 Å². The van der Waals surface area contributed by atoms with E-state index in [0.717, 1.165) is 25.3 Å². The van der Waals surface area contributed by atoms with Gasteiger partial charge in [0.1, 0.15) is 11.3 Å². The van der Waals surface area contributed by atoms with Crippen LogP contribution in [0.2, 0.25) is 5.02 Å². The molecule has 0 bridgehead atoms. The summed E-state index contributed by atoms with van der Waals surface area (Å²) in [4.78, 5) is 26.9. The molecule has 0 amide bonds. The molecule has 3 aromatic rings. The van der Waals surface area contributed by atoms with Crippen molar-refractivity contribution in [3.05, 3.63) is 62.9 Å². The molecule has 9 heteroatoms. The van der Waals surface area contributed by atoms with E-state index in [1.165, 1.54) is 18.2 Å². The quantitative estimate of drug-likeness (QED) is 0.630. The van der Waals surface area contributed by atoms with E-state index in [2.05, 4.69) is 9.72 Å². The molecule has 0 aliphatic rings. The molecule has 3 rings (SSSR count). The van der Waals surface area contributed by atoms with Gasteiger partial charge in [0, 0.05) is 27.1 Å². The summed E-state index contributed by atoms with van der Waals surface area (Å²) in [5.74, 6) is -1.43. The number of pyridine rings is 1. The number of phenols is 1. The molecule has 5 nitrogen and oxygen atoms in total. The van der Waals surface area contributed by atoms with E-state index in [4.69, 9.17) is 11.6 Å². The summed E-state index contributed by atoms with van der Waals surface area (Å²) in [6.45, 7) is 0. The normalized spacial score (nSPS) is 11.6. The van der Waals surface area contributed by atoms with Crippen molar-refractivity contribution in [1.29, 1.82) is 0 Å². The summed E-state index contributed by atoms with van der Waals surface area (Å²) in [5, 5.41) is 10.3. The third-order valence-corrected chi connectivity index (χ3v) is 4.19. The zero-order valence-electron chi connectivity index (χ0n) is 13.6. The number of benzene rings is 2. The number of aromatic hydroxyl groups is 1. The Hall–Kier alpha value is -3.00. The molecule has 0 atom stereocenters. The van der Waals surface area contributed by atoms with Crippen molar-refractivity contribution in [2.75, 3.05) is 7.11 Å². The Labute approximate surface area is 155 Å². The summed E-state index contributed by atoms with van der Waals surface area (Å²) in [5.41, 5.74) is -2.62. The highest BCUT2D eigenvalue weighted by molar-refractivity contribution is 6.31. The summed E-state index contributed by atoms with van der Waals surface area (Å²) >= 11 is 5.93. The van der Waals surface area contributed by atoms with Gasteiger partial charge in [-0.05, 0) is 36.4 Å². The largest absolute Gasteiger partial charge is 0.507 e. The van der Waals surface area contributed by atoms with Gasteiger partial charge in [0.2, 0.25) is 0 Å². The number of nitrogens with one attached hydrogen (secondary N) is 1. The number of phenolic OH excluding ortho intramolecular Hbond substituents is 1. The number of H-pyrrole nitrogens is 1. The highest BCUT2D eigenvalue weighted by Crippen LogP contribution is 2.39. The molecule has 0 saturated heterocycles. The number of esters is 1. The Morgan fingerprint density at radius 1 is 1.19 bits per heavy atom. The zero-order valence-corrected chi connectivity index (χ0v) is 14.4. The fourth-order valence-electron chi connectivity index (χ4n) is 2.75. The number of hydrogen-bond acceptors (Lipinski definition) is 4. The Bertz CT molecular complexity index is 1120. The second-order valence-corrected chi connectivity index (χ2v) is 6.05. The van der Waals surface area contributed by atoms with Gasteiger partial charge in [-0.15, -0.1) is 0 Å². The fraction of sp³-hybridized carbons (Fsp3) is 0.111. The van der Waals surface area contributed by atoms with Crippen LogP contribution < -0.4 is 5.56 Å². The van der Waals surface area contributed by atoms with Gasteiger partial charge in [-0.25, -0.2) is 4.79 Å². The van der Waals surface area contributed by atoms with Crippen molar-refractivity contribution in [1.82, 2.24) is 4.98 Å². The smallest absolute Gasteiger partial charge is 0.416 e. The van der Waals surface area contributed by atoms with E-state index in [0.29, 0.717) is 0 Å². The van der Waals surface area contributed by atoms with E-state index >= 15 is 0 Å². The Morgan fingerprint density at radius 2 is 1.89 bits per heavy atom. The first kappa shape index (κ1) is 18.8. The highest BCUT2D eigenvalue weighted by Gasteiger charge is 2.32. The number of fused-ring (bicyclic) bond motifs is 1. The Balaban J connectivity index is 2.54. The standard InChI is InChI=1S/C18H11ClF3NO4/c1-27-17(26)15-14(11-7-9(19)3-5-13(11)24)10-6-8(18(20,21)22)2-4-12(10)23-16(15)25/h2-7,24H,1H3,(H,23,25). The first-order valence-electron chi connectivity index (χ1n) is 7.48. The lowest BCUT2D eigenvalue weighted by Crippen LogP contribution is -2.21. The van der Waals surface area contributed by atoms with Crippen LogP contribution in [-0.2, 0) is 10.9 Å². The van der Waals surface area contributed by atoms with Crippen LogP contribution in [0.25, 0.3) is 22.0 Å². The molecule has 1 heterocycles. The van der Waals surface area contributed by atoms with Crippen LogP contribution in [0.5, 0.6) is 5.75 Å². The van der Waals surface area contributed by atoms with Gasteiger partial charge in [0.05, 0.1) is 12.7 Å². The molecule has 0 radical (unpaired) electrons. The minimum atomic E-state index is -4.65. The van der Waals surface area contributed by atoms with Crippen LogP contribution in [0, 0.1) is 0 Å². The molecule has 0 fully saturated rings. The molecule has 27 heavy (non-hydrogen) atoms. The SMILES string of the molecule is COC(=O)c1c(-c2cc(Cl)ccc2O)c2cc(C(F)(F)F)ccc2[nH]c1=O. The summed E-state index contributed by atoms with van der Waals surface area (Å²) in [7, 11) is 1.03. The number of alkyl halides is 3. The third-order valence-electron chi connectivity index (χ3n) is 3.96. The maximum atomic E-state index is 13.2. The van der Waals surface area contributed by atoms with Gasteiger partial charge in [-0.3, -0.25) is 4.79 Å². The average Bonchev–Trinajstić information content (AvgIpc) is 2.61. The number of ether oxygens (including phenoxy) is 1. The lowest BCUT2D eigenvalue weighted by molar-refractivity contribution is -0.137.